The number of nitrogens with one attached hydrogen (secondary N) is 3. The number of nitrogens with zero attached hydrogens (tertiary/aromatic N) is 2. The number of ketones is 1. The third kappa shape index (κ3) is 7.62. The summed E-state index contributed by atoms with van der Waals surface area (Å²) in [6.45, 7) is -0.361. The molecule has 11 nitrogen and oxygen atoms in total. The first-order chi connectivity index (χ1) is 18.8. The van der Waals surface area contributed by atoms with Crippen LogP contribution in [0.25, 0.3) is 0 Å². The SMILES string of the molecule is O=C(NC(CCC1CCCCC1)C(=O)NNC1CCCN(S(=O)(=O)c2cccc[n+]2[O-])CC1=O)c1ccsc1. The average molecular weight is 578 g/mol. The molecule has 3 heterocycles. The molecule has 1 aliphatic heterocycles. The van der Waals surface area contributed by atoms with Gasteiger partial charge in [-0.1, -0.05) is 32.1 Å². The molecule has 212 valence electrons. The number of carbonyl (C=O) groups excluding carboxylic acids is 3. The average Bonchev–Trinajstić information content (AvgIpc) is 3.41. The highest BCUT2D eigenvalue weighted by molar-refractivity contribution is 7.89. The van der Waals surface area contributed by atoms with Gasteiger partial charge in [-0.25, -0.2) is 13.8 Å². The fraction of sp³-hybridized carbons (Fsp3) is 0.538. The molecule has 3 N–H and O–H groups in total. The summed E-state index contributed by atoms with van der Waals surface area (Å²) in [5.74, 6) is -0.685. The molecule has 39 heavy (non-hydrogen) atoms. The minimum Gasteiger partial charge on any atom is -0.618 e. The molecule has 0 aromatic carbocycles. The third-order valence-electron chi connectivity index (χ3n) is 7.38. The van der Waals surface area contributed by atoms with Gasteiger partial charge >= 0.3 is 15.0 Å². The molecule has 1 saturated carbocycles. The summed E-state index contributed by atoms with van der Waals surface area (Å²) in [5, 5.41) is 17.9. The van der Waals surface area contributed by atoms with E-state index in [9.17, 15) is 28.0 Å². The topological polar surface area (TPSA) is 152 Å². The lowest BCUT2D eigenvalue weighted by atomic mass is 9.85. The number of pyridine rings is 1. The van der Waals surface area contributed by atoms with Crippen LogP contribution in [0.2, 0.25) is 0 Å². The Labute approximate surface area is 232 Å². The fourth-order valence-corrected chi connectivity index (χ4v) is 7.23. The predicted octanol–water partition coefficient (Wildman–Crippen LogP) is 1.88. The van der Waals surface area contributed by atoms with Crippen LogP contribution >= 0.6 is 11.3 Å². The number of amides is 2. The number of Topliss-reactive ketones (excluding diaryl/α,β-unsaturated/α-hetero) is 1. The van der Waals surface area contributed by atoms with E-state index >= 15 is 0 Å². The van der Waals surface area contributed by atoms with Gasteiger partial charge in [0.25, 0.3) is 11.8 Å². The molecular weight excluding hydrogens is 542 g/mol. The van der Waals surface area contributed by atoms with Crippen molar-refractivity contribution in [3.63, 3.8) is 0 Å². The predicted molar refractivity (Wildman–Crippen MR) is 145 cm³/mol. The molecule has 4 rings (SSSR count). The Morgan fingerprint density at radius 1 is 1.13 bits per heavy atom. The van der Waals surface area contributed by atoms with E-state index in [0.717, 1.165) is 29.8 Å². The second kappa shape index (κ2) is 13.5. The molecule has 0 radical (unpaired) electrons. The zero-order valence-electron chi connectivity index (χ0n) is 21.7. The maximum absolute atomic E-state index is 13.2. The molecule has 0 bridgehead atoms. The van der Waals surface area contributed by atoms with Crippen LogP contribution in [0, 0.1) is 11.1 Å². The minimum absolute atomic E-state index is 0.0653. The summed E-state index contributed by atoms with van der Waals surface area (Å²) >= 11 is 1.40. The number of aromatic nitrogens is 1. The number of sulfonamides is 1. The Balaban J connectivity index is 1.37. The van der Waals surface area contributed by atoms with Crippen LogP contribution in [0.1, 0.15) is 68.1 Å². The van der Waals surface area contributed by atoms with Gasteiger partial charge in [0, 0.05) is 24.1 Å². The van der Waals surface area contributed by atoms with Crippen molar-refractivity contribution in [2.75, 3.05) is 13.1 Å². The molecule has 2 aliphatic rings. The third-order valence-corrected chi connectivity index (χ3v) is 9.90. The van der Waals surface area contributed by atoms with Crippen molar-refractivity contribution in [1.82, 2.24) is 20.5 Å². The van der Waals surface area contributed by atoms with E-state index in [1.165, 1.54) is 48.8 Å². The Morgan fingerprint density at radius 3 is 2.64 bits per heavy atom. The van der Waals surface area contributed by atoms with E-state index < -0.39 is 45.4 Å². The first-order valence-corrected chi connectivity index (χ1v) is 15.7. The minimum atomic E-state index is -4.17. The van der Waals surface area contributed by atoms with Gasteiger partial charge < -0.3 is 10.5 Å². The van der Waals surface area contributed by atoms with Crippen LogP contribution in [0.3, 0.4) is 0 Å². The van der Waals surface area contributed by atoms with E-state index in [4.69, 9.17) is 0 Å². The van der Waals surface area contributed by atoms with E-state index in [-0.39, 0.29) is 17.2 Å². The van der Waals surface area contributed by atoms with E-state index in [2.05, 4.69) is 16.2 Å². The van der Waals surface area contributed by atoms with Crippen molar-refractivity contribution in [1.29, 1.82) is 0 Å². The lowest BCUT2D eigenvalue weighted by Crippen LogP contribution is -2.55. The van der Waals surface area contributed by atoms with Crippen LogP contribution in [0.5, 0.6) is 0 Å². The summed E-state index contributed by atoms with van der Waals surface area (Å²) in [6.07, 6.45) is 8.87. The molecular formula is C26H35N5O6S2. The number of rotatable bonds is 10. The molecule has 13 heteroatoms. The van der Waals surface area contributed by atoms with Gasteiger partial charge in [-0.2, -0.15) is 20.4 Å². The van der Waals surface area contributed by atoms with Gasteiger partial charge in [-0.05, 0) is 49.1 Å². The molecule has 2 atom stereocenters. The zero-order chi connectivity index (χ0) is 27.8. The largest absolute Gasteiger partial charge is 0.618 e. The Bertz CT molecular complexity index is 1250. The molecule has 2 aromatic heterocycles. The summed E-state index contributed by atoms with van der Waals surface area (Å²) in [4.78, 5) is 38.8. The Hall–Kier alpha value is -2.87. The standard InChI is InChI=1S/C26H35N5O6S2/c32-23-17-30(39(36,37)24-10-4-5-15-31(24)35)14-6-9-21(23)28-29-26(34)22(12-11-19-7-2-1-3-8-19)27-25(33)20-13-16-38-18-20/h4-5,10,13,15-16,18-19,21-22,28H,1-3,6-9,11-12,14,17H2,(H,27,33)(H,29,34). The van der Waals surface area contributed by atoms with Crippen molar-refractivity contribution in [3.8, 4) is 0 Å². The summed E-state index contributed by atoms with van der Waals surface area (Å²) in [6, 6.07) is 4.18. The number of carbonyl (C=O) groups is 3. The molecule has 1 aliphatic carbocycles. The van der Waals surface area contributed by atoms with Crippen LogP contribution in [-0.4, -0.2) is 55.5 Å². The highest BCUT2D eigenvalue weighted by Crippen LogP contribution is 2.28. The van der Waals surface area contributed by atoms with Gasteiger partial charge in [0.15, 0.2) is 12.0 Å². The second-order valence-corrected chi connectivity index (χ2v) is 12.8. The Kier molecular flexibility index (Phi) is 10.1. The molecule has 2 fully saturated rings. The highest BCUT2D eigenvalue weighted by atomic mass is 32.2. The molecule has 2 unspecified atom stereocenters. The van der Waals surface area contributed by atoms with Crippen LogP contribution < -0.4 is 20.9 Å². The van der Waals surface area contributed by atoms with E-state index in [0.29, 0.717) is 30.7 Å². The van der Waals surface area contributed by atoms with Crippen molar-refractivity contribution >= 4 is 39.0 Å². The lowest BCUT2D eigenvalue weighted by Gasteiger charge is -2.25. The van der Waals surface area contributed by atoms with Crippen molar-refractivity contribution in [2.45, 2.75) is 74.9 Å². The lowest BCUT2D eigenvalue weighted by molar-refractivity contribution is -0.646. The van der Waals surface area contributed by atoms with Gasteiger partial charge in [-0.3, -0.25) is 19.8 Å². The highest BCUT2D eigenvalue weighted by Gasteiger charge is 2.36. The van der Waals surface area contributed by atoms with E-state index in [1.807, 2.05) is 0 Å². The maximum atomic E-state index is 13.2. The van der Waals surface area contributed by atoms with Gasteiger partial charge in [0.2, 0.25) is 0 Å². The smallest absolute Gasteiger partial charge is 0.323 e. The summed E-state index contributed by atoms with van der Waals surface area (Å²) in [5.41, 5.74) is 5.86. The van der Waals surface area contributed by atoms with Crippen LogP contribution in [0.4, 0.5) is 0 Å². The normalized spacial score (nSPS) is 20.2. The van der Waals surface area contributed by atoms with Crippen molar-refractivity contribution in [3.05, 3.63) is 52.0 Å². The maximum Gasteiger partial charge on any atom is 0.323 e. The summed E-state index contributed by atoms with van der Waals surface area (Å²) < 4.78 is 27.2. The van der Waals surface area contributed by atoms with Crippen molar-refractivity contribution < 1.29 is 27.5 Å². The monoisotopic (exact) mass is 577 g/mol. The van der Waals surface area contributed by atoms with Gasteiger partial charge in [0.05, 0.1) is 18.2 Å². The summed E-state index contributed by atoms with van der Waals surface area (Å²) in [7, 11) is -4.17. The fourth-order valence-electron chi connectivity index (χ4n) is 5.13. The number of hydrogen-bond donors (Lipinski definition) is 3. The van der Waals surface area contributed by atoms with Crippen LogP contribution in [-0.2, 0) is 19.6 Å². The molecule has 0 spiro atoms. The van der Waals surface area contributed by atoms with E-state index in [1.54, 1.807) is 16.8 Å². The zero-order valence-corrected chi connectivity index (χ0v) is 23.3. The molecule has 2 amide bonds. The first-order valence-electron chi connectivity index (χ1n) is 13.3. The second-order valence-electron chi connectivity index (χ2n) is 10.1. The number of thiophene rings is 1. The van der Waals surface area contributed by atoms with Gasteiger partial charge in [-0.15, -0.1) is 0 Å². The first kappa shape index (κ1) is 29.1. The molecule has 2 aromatic rings. The van der Waals surface area contributed by atoms with Gasteiger partial charge in [0.1, 0.15) is 6.04 Å². The Morgan fingerprint density at radius 2 is 1.92 bits per heavy atom. The number of hydrogen-bond acceptors (Lipinski definition) is 8. The quantitative estimate of drug-likeness (QED) is 0.222. The van der Waals surface area contributed by atoms with Crippen molar-refractivity contribution in [2.24, 2.45) is 5.92 Å². The van der Waals surface area contributed by atoms with Crippen LogP contribution in [0.15, 0.2) is 46.2 Å². The molecule has 1 saturated heterocycles. The number of hydrazine groups is 1.